The summed E-state index contributed by atoms with van der Waals surface area (Å²) in [5.74, 6) is 0.237. The van der Waals surface area contributed by atoms with E-state index in [0.717, 1.165) is 16.3 Å². The molecule has 0 N–H and O–H groups in total. The third kappa shape index (κ3) is 4.93. The molecular formula is C28H28F3N3O5. The molecule has 8 nitrogen and oxygen atoms in total. The first kappa shape index (κ1) is 26.6. The number of benzene rings is 2. The Morgan fingerprint density at radius 1 is 1.00 bits per heavy atom. The summed E-state index contributed by atoms with van der Waals surface area (Å²) in [5, 5.41) is 4.53. The van der Waals surface area contributed by atoms with Gasteiger partial charge in [-0.05, 0) is 61.6 Å². The van der Waals surface area contributed by atoms with E-state index in [1.165, 1.54) is 33.5 Å². The second-order valence-electron chi connectivity index (χ2n) is 9.63. The third-order valence-corrected chi connectivity index (χ3v) is 7.38. The van der Waals surface area contributed by atoms with Gasteiger partial charge in [0.1, 0.15) is 11.5 Å². The fraction of sp³-hybridized carbons (Fsp3) is 0.393. The van der Waals surface area contributed by atoms with Gasteiger partial charge >= 0.3 is 12.1 Å². The van der Waals surface area contributed by atoms with Crippen LogP contribution in [0, 0.1) is 5.92 Å². The highest BCUT2D eigenvalue weighted by Crippen LogP contribution is 2.38. The maximum atomic E-state index is 14.2. The number of hydrogen-bond donors (Lipinski definition) is 0. The van der Waals surface area contributed by atoms with Crippen LogP contribution >= 0.6 is 0 Å². The second-order valence-corrected chi connectivity index (χ2v) is 9.63. The van der Waals surface area contributed by atoms with E-state index in [4.69, 9.17) is 14.2 Å². The van der Waals surface area contributed by atoms with Gasteiger partial charge in [0.2, 0.25) is 0 Å². The van der Waals surface area contributed by atoms with Crippen LogP contribution < -0.4 is 19.9 Å². The van der Waals surface area contributed by atoms with Crippen LogP contribution in [0.2, 0.25) is 0 Å². The Bertz CT molecular complexity index is 1460. The Balaban J connectivity index is 1.69. The minimum absolute atomic E-state index is 0.304. The van der Waals surface area contributed by atoms with E-state index >= 15 is 0 Å². The van der Waals surface area contributed by atoms with Crippen LogP contribution in [0.25, 0.3) is 16.9 Å². The number of nitrogens with zero attached hydrogens (tertiary/aromatic N) is 3. The van der Waals surface area contributed by atoms with Crippen LogP contribution in [-0.2, 0) is 28.5 Å². The molecule has 0 saturated carbocycles. The summed E-state index contributed by atoms with van der Waals surface area (Å²) in [7, 11) is 4.31. The van der Waals surface area contributed by atoms with Crippen LogP contribution in [0.4, 0.5) is 18.9 Å². The third-order valence-electron chi connectivity index (χ3n) is 7.38. The molecule has 0 radical (unpaired) electrons. The van der Waals surface area contributed by atoms with Crippen molar-refractivity contribution in [3.05, 3.63) is 63.4 Å². The van der Waals surface area contributed by atoms with E-state index in [9.17, 15) is 22.8 Å². The molecule has 1 aromatic heterocycles. The summed E-state index contributed by atoms with van der Waals surface area (Å²) in [4.78, 5) is 27.4. The highest BCUT2D eigenvalue weighted by molar-refractivity contribution is 5.74. The second kappa shape index (κ2) is 10.3. The fourth-order valence-corrected chi connectivity index (χ4v) is 5.40. The molecule has 1 fully saturated rings. The van der Waals surface area contributed by atoms with E-state index < -0.39 is 17.3 Å². The molecule has 2 aromatic carbocycles. The molecule has 206 valence electrons. The van der Waals surface area contributed by atoms with Gasteiger partial charge < -0.3 is 19.1 Å². The molecule has 1 atom stereocenters. The molecule has 1 aliphatic carbocycles. The predicted octanol–water partition coefficient (Wildman–Crippen LogP) is 4.42. The summed E-state index contributed by atoms with van der Waals surface area (Å²) in [5.41, 5.74) is 0.701. The number of ether oxygens (including phenoxy) is 3. The Labute approximate surface area is 222 Å². The summed E-state index contributed by atoms with van der Waals surface area (Å²) in [6.45, 7) is 0.769. The number of fused-ring (bicyclic) bond motifs is 1. The number of anilines is 1. The van der Waals surface area contributed by atoms with Crippen LogP contribution in [0.3, 0.4) is 0 Å². The van der Waals surface area contributed by atoms with Crippen molar-refractivity contribution in [1.82, 2.24) is 9.78 Å². The molecule has 0 bridgehead atoms. The van der Waals surface area contributed by atoms with Crippen LogP contribution in [0.1, 0.15) is 29.5 Å². The van der Waals surface area contributed by atoms with Crippen molar-refractivity contribution >= 4 is 11.7 Å². The molecule has 3 aromatic rings. The number of methoxy groups -OCH3 is 3. The summed E-state index contributed by atoms with van der Waals surface area (Å²) in [6.07, 6.45) is -2.49. The highest BCUT2D eigenvalue weighted by Gasteiger charge is 2.37. The number of alkyl halides is 3. The maximum absolute atomic E-state index is 14.2. The van der Waals surface area contributed by atoms with Gasteiger partial charge in [0.15, 0.2) is 0 Å². The minimum Gasteiger partial charge on any atom is -0.497 e. The summed E-state index contributed by atoms with van der Waals surface area (Å²) in [6, 6.07) is 8.77. The van der Waals surface area contributed by atoms with Crippen LogP contribution in [-0.4, -0.2) is 50.2 Å². The zero-order valence-corrected chi connectivity index (χ0v) is 21.8. The van der Waals surface area contributed by atoms with Gasteiger partial charge in [-0.15, -0.1) is 0 Å². The number of hydrogen-bond acceptors (Lipinski definition) is 7. The van der Waals surface area contributed by atoms with Crippen molar-refractivity contribution in [1.29, 1.82) is 0 Å². The molecule has 1 unspecified atom stereocenters. The van der Waals surface area contributed by atoms with E-state index in [2.05, 4.69) is 5.10 Å². The van der Waals surface area contributed by atoms with Crippen molar-refractivity contribution in [2.45, 2.75) is 31.9 Å². The first-order valence-corrected chi connectivity index (χ1v) is 12.6. The number of carbonyl (C=O) groups is 1. The van der Waals surface area contributed by atoms with Crippen molar-refractivity contribution in [3.8, 4) is 28.4 Å². The van der Waals surface area contributed by atoms with Crippen molar-refractivity contribution in [2.75, 3.05) is 39.3 Å². The molecule has 11 heteroatoms. The van der Waals surface area contributed by atoms with Gasteiger partial charge in [0.25, 0.3) is 5.56 Å². The smallest absolute Gasteiger partial charge is 0.418 e. The minimum atomic E-state index is -4.73. The van der Waals surface area contributed by atoms with Gasteiger partial charge in [-0.2, -0.15) is 23.0 Å². The number of aromatic nitrogens is 2. The van der Waals surface area contributed by atoms with Crippen LogP contribution in [0.5, 0.6) is 11.5 Å². The zero-order chi connectivity index (χ0) is 27.9. The zero-order valence-electron chi connectivity index (χ0n) is 21.8. The number of halogens is 3. The van der Waals surface area contributed by atoms with Gasteiger partial charge in [-0.25, -0.2) is 0 Å². The SMILES string of the molecule is COC(=O)C1CCN(c2ccc(C(F)(F)F)c(-n3nc(-c4cc(OC)cc(OC)c4)c4c(c3=O)CCC4)c2)C1. The molecule has 1 aliphatic heterocycles. The lowest BCUT2D eigenvalue weighted by Gasteiger charge is -2.22. The Hall–Kier alpha value is -4.02. The standard InChI is InChI=1S/C28H28F3N3O5/c1-37-19-11-17(12-20(14-19)38-2)25-21-5-4-6-22(21)26(35)34(32-25)24-13-18(7-8-23(24)28(29,30)31)33-10-9-16(15-33)27(36)39-3/h7-8,11-14,16H,4-6,9-10,15H2,1-3H3. The molecule has 5 rings (SSSR count). The van der Waals surface area contributed by atoms with E-state index in [1.54, 1.807) is 18.2 Å². The molecule has 0 spiro atoms. The number of esters is 1. The van der Waals surface area contributed by atoms with Gasteiger partial charge in [0, 0.05) is 36.0 Å². The lowest BCUT2D eigenvalue weighted by Crippen LogP contribution is -2.29. The fourth-order valence-electron chi connectivity index (χ4n) is 5.40. The average molecular weight is 544 g/mol. The van der Waals surface area contributed by atoms with Crippen molar-refractivity contribution in [3.63, 3.8) is 0 Å². The highest BCUT2D eigenvalue weighted by atomic mass is 19.4. The topological polar surface area (TPSA) is 82.9 Å². The molecular weight excluding hydrogens is 515 g/mol. The quantitative estimate of drug-likeness (QED) is 0.426. The first-order valence-electron chi connectivity index (χ1n) is 12.6. The first-order chi connectivity index (χ1) is 18.6. The predicted molar refractivity (Wildman–Crippen MR) is 138 cm³/mol. The lowest BCUT2D eigenvalue weighted by molar-refractivity contribution is -0.144. The Morgan fingerprint density at radius 3 is 2.33 bits per heavy atom. The van der Waals surface area contributed by atoms with Gasteiger partial charge in [0.05, 0.1) is 44.2 Å². The van der Waals surface area contributed by atoms with Crippen molar-refractivity contribution in [2.24, 2.45) is 5.92 Å². The van der Waals surface area contributed by atoms with Crippen molar-refractivity contribution < 1.29 is 32.2 Å². The summed E-state index contributed by atoms with van der Waals surface area (Å²) < 4.78 is 59.2. The molecule has 2 aliphatic rings. The monoisotopic (exact) mass is 543 g/mol. The summed E-state index contributed by atoms with van der Waals surface area (Å²) >= 11 is 0. The van der Waals surface area contributed by atoms with Gasteiger partial charge in [-0.3, -0.25) is 9.59 Å². The van der Waals surface area contributed by atoms with E-state index in [1.807, 2.05) is 4.90 Å². The van der Waals surface area contributed by atoms with Gasteiger partial charge in [-0.1, -0.05) is 0 Å². The molecule has 1 saturated heterocycles. The van der Waals surface area contributed by atoms with E-state index in [-0.39, 0.29) is 17.6 Å². The Kier molecular flexibility index (Phi) is 7.00. The number of carbonyl (C=O) groups excluding carboxylic acids is 1. The molecule has 39 heavy (non-hydrogen) atoms. The largest absolute Gasteiger partial charge is 0.497 e. The Morgan fingerprint density at radius 2 is 1.69 bits per heavy atom. The maximum Gasteiger partial charge on any atom is 0.418 e. The van der Waals surface area contributed by atoms with Crippen LogP contribution in [0.15, 0.2) is 41.2 Å². The molecule has 2 heterocycles. The lowest BCUT2D eigenvalue weighted by atomic mass is 10.0. The van der Waals surface area contributed by atoms with E-state index in [0.29, 0.717) is 72.8 Å². The number of rotatable bonds is 6. The normalized spacial score (nSPS) is 16.8. The molecule has 0 amide bonds. The average Bonchev–Trinajstić information content (AvgIpc) is 3.63.